The molecule has 1 aliphatic rings. The Balaban J connectivity index is 1.68. The van der Waals surface area contributed by atoms with Crippen LogP contribution in [0.1, 0.15) is 18.4 Å². The Morgan fingerprint density at radius 2 is 2.35 bits per heavy atom. The minimum Gasteiger partial charge on any atom is -0.356 e. The molecule has 20 heavy (non-hydrogen) atoms. The molecule has 2 N–H and O–H groups in total. The number of hydrogen-bond donors (Lipinski definition) is 2. The van der Waals surface area contributed by atoms with Crippen LogP contribution in [0.5, 0.6) is 0 Å². The molecule has 5 heteroatoms. The van der Waals surface area contributed by atoms with Crippen LogP contribution >= 0.6 is 11.8 Å². The van der Waals surface area contributed by atoms with Gasteiger partial charge < -0.3 is 10.6 Å². The van der Waals surface area contributed by atoms with Crippen LogP contribution in [0.15, 0.2) is 29.3 Å². The molecule has 0 radical (unpaired) electrons. The maximum Gasteiger partial charge on any atom is 0.191 e. The van der Waals surface area contributed by atoms with Crippen LogP contribution in [0, 0.1) is 5.82 Å². The zero-order valence-electron chi connectivity index (χ0n) is 11.9. The molecule has 3 nitrogen and oxygen atoms in total. The SMILES string of the molecule is CN=C(NCCc1cccc(F)c1)NCC1CCCS1. The second-order valence-electron chi connectivity index (χ2n) is 4.89. The molecular weight excluding hydrogens is 273 g/mol. The molecule has 110 valence electrons. The molecular formula is C15H22FN3S. The molecule has 1 unspecified atom stereocenters. The number of rotatable bonds is 5. The van der Waals surface area contributed by atoms with Crippen molar-refractivity contribution in [3.8, 4) is 0 Å². The lowest BCUT2D eigenvalue weighted by atomic mass is 10.1. The molecule has 1 atom stereocenters. The summed E-state index contributed by atoms with van der Waals surface area (Å²) in [5.74, 6) is 1.93. The first kappa shape index (κ1) is 15.2. The van der Waals surface area contributed by atoms with Crippen LogP contribution in [-0.2, 0) is 6.42 Å². The normalized spacial score (nSPS) is 19.1. The molecule has 0 spiro atoms. The molecule has 1 aromatic carbocycles. The first-order chi connectivity index (χ1) is 9.78. The minimum atomic E-state index is -0.178. The average Bonchev–Trinajstić information content (AvgIpc) is 2.96. The number of thioether (sulfide) groups is 1. The van der Waals surface area contributed by atoms with Crippen LogP contribution in [0.25, 0.3) is 0 Å². The molecule has 1 aliphatic heterocycles. The zero-order chi connectivity index (χ0) is 14.2. The average molecular weight is 295 g/mol. The summed E-state index contributed by atoms with van der Waals surface area (Å²) in [7, 11) is 1.78. The van der Waals surface area contributed by atoms with Gasteiger partial charge in [-0.25, -0.2) is 4.39 Å². The summed E-state index contributed by atoms with van der Waals surface area (Å²) in [6.45, 7) is 1.71. The molecule has 1 heterocycles. The lowest BCUT2D eigenvalue weighted by molar-refractivity contribution is 0.625. The Kier molecular flexibility index (Phi) is 6.18. The third kappa shape index (κ3) is 5.04. The monoisotopic (exact) mass is 295 g/mol. The number of nitrogens with one attached hydrogen (secondary N) is 2. The second-order valence-corrected chi connectivity index (χ2v) is 6.30. The molecule has 0 amide bonds. The predicted octanol–water partition coefficient (Wildman–Crippen LogP) is 2.43. The summed E-state index contributed by atoms with van der Waals surface area (Å²) in [5, 5.41) is 7.33. The molecule has 1 saturated heterocycles. The van der Waals surface area contributed by atoms with Gasteiger partial charge in [-0.2, -0.15) is 11.8 Å². The molecule has 2 rings (SSSR count). The fourth-order valence-electron chi connectivity index (χ4n) is 2.25. The quantitative estimate of drug-likeness (QED) is 0.647. The van der Waals surface area contributed by atoms with E-state index >= 15 is 0 Å². The fraction of sp³-hybridized carbons (Fsp3) is 0.533. The van der Waals surface area contributed by atoms with Crippen molar-refractivity contribution < 1.29 is 4.39 Å². The van der Waals surface area contributed by atoms with Crippen LogP contribution in [0.4, 0.5) is 4.39 Å². The maximum atomic E-state index is 13.1. The molecule has 0 bridgehead atoms. The molecule has 1 fully saturated rings. The number of hydrogen-bond acceptors (Lipinski definition) is 2. The highest BCUT2D eigenvalue weighted by molar-refractivity contribution is 8.00. The Morgan fingerprint density at radius 1 is 1.45 bits per heavy atom. The highest BCUT2D eigenvalue weighted by Gasteiger charge is 2.15. The smallest absolute Gasteiger partial charge is 0.191 e. The van der Waals surface area contributed by atoms with E-state index in [0.717, 1.165) is 31.0 Å². The topological polar surface area (TPSA) is 36.4 Å². The third-order valence-corrected chi connectivity index (χ3v) is 4.74. The van der Waals surface area contributed by atoms with Gasteiger partial charge in [-0.3, -0.25) is 4.99 Å². The van der Waals surface area contributed by atoms with Crippen molar-refractivity contribution in [1.29, 1.82) is 0 Å². The van der Waals surface area contributed by atoms with Crippen LogP contribution in [0.3, 0.4) is 0 Å². The highest BCUT2D eigenvalue weighted by atomic mass is 32.2. The van der Waals surface area contributed by atoms with Crippen molar-refractivity contribution in [2.24, 2.45) is 4.99 Å². The van der Waals surface area contributed by atoms with Gasteiger partial charge >= 0.3 is 0 Å². The van der Waals surface area contributed by atoms with E-state index in [1.165, 1.54) is 24.7 Å². The number of halogens is 1. The number of nitrogens with zero attached hydrogens (tertiary/aromatic N) is 1. The molecule has 0 aliphatic carbocycles. The summed E-state index contributed by atoms with van der Waals surface area (Å²) in [4.78, 5) is 4.21. The summed E-state index contributed by atoms with van der Waals surface area (Å²) in [6.07, 6.45) is 3.40. The standard InChI is InChI=1S/C15H22FN3S/c1-17-15(19-11-14-6-3-9-20-14)18-8-7-12-4-2-5-13(16)10-12/h2,4-5,10,14H,3,6-9,11H2,1H3,(H2,17,18,19). The zero-order valence-corrected chi connectivity index (χ0v) is 12.7. The first-order valence-corrected chi connectivity index (χ1v) is 8.13. The first-order valence-electron chi connectivity index (χ1n) is 7.08. The second kappa shape index (κ2) is 8.15. The van der Waals surface area contributed by atoms with E-state index in [1.807, 2.05) is 17.8 Å². The van der Waals surface area contributed by atoms with Crippen LogP contribution < -0.4 is 10.6 Å². The van der Waals surface area contributed by atoms with Crippen molar-refractivity contribution in [2.45, 2.75) is 24.5 Å². The van der Waals surface area contributed by atoms with Gasteiger partial charge in [-0.15, -0.1) is 0 Å². The van der Waals surface area contributed by atoms with Gasteiger partial charge in [0.1, 0.15) is 5.82 Å². The summed E-state index contributed by atoms with van der Waals surface area (Å²) < 4.78 is 13.1. The molecule has 0 saturated carbocycles. The highest BCUT2D eigenvalue weighted by Crippen LogP contribution is 2.25. The summed E-state index contributed by atoms with van der Waals surface area (Å²) in [5.41, 5.74) is 0.999. The van der Waals surface area contributed by atoms with Crippen LogP contribution in [0.2, 0.25) is 0 Å². The Bertz CT molecular complexity index is 444. The van der Waals surface area contributed by atoms with Crippen LogP contribution in [-0.4, -0.2) is 37.1 Å². The number of benzene rings is 1. The lowest BCUT2D eigenvalue weighted by Gasteiger charge is -2.14. The van der Waals surface area contributed by atoms with Crippen molar-refractivity contribution in [3.63, 3.8) is 0 Å². The van der Waals surface area contributed by atoms with Crippen molar-refractivity contribution >= 4 is 17.7 Å². The lowest BCUT2D eigenvalue weighted by Crippen LogP contribution is -2.40. The predicted molar refractivity (Wildman–Crippen MR) is 84.9 cm³/mol. The van der Waals surface area contributed by atoms with E-state index in [0.29, 0.717) is 5.25 Å². The fourth-order valence-corrected chi connectivity index (χ4v) is 3.46. The minimum absolute atomic E-state index is 0.178. The van der Waals surface area contributed by atoms with E-state index in [9.17, 15) is 4.39 Å². The van der Waals surface area contributed by atoms with Gasteiger partial charge in [-0.05, 0) is 42.7 Å². The van der Waals surface area contributed by atoms with Crippen molar-refractivity contribution in [3.05, 3.63) is 35.6 Å². The number of guanidine groups is 1. The van der Waals surface area contributed by atoms with Gasteiger partial charge in [0, 0.05) is 25.4 Å². The van der Waals surface area contributed by atoms with Gasteiger partial charge in [0.05, 0.1) is 0 Å². The Labute approximate surface area is 124 Å². The molecule has 1 aromatic rings. The molecule has 0 aromatic heterocycles. The van der Waals surface area contributed by atoms with E-state index in [2.05, 4.69) is 15.6 Å². The van der Waals surface area contributed by atoms with E-state index in [-0.39, 0.29) is 5.82 Å². The van der Waals surface area contributed by atoms with E-state index < -0.39 is 0 Å². The largest absolute Gasteiger partial charge is 0.356 e. The maximum absolute atomic E-state index is 13.1. The van der Waals surface area contributed by atoms with E-state index in [1.54, 1.807) is 19.2 Å². The summed E-state index contributed by atoms with van der Waals surface area (Å²) >= 11 is 2.03. The van der Waals surface area contributed by atoms with E-state index in [4.69, 9.17) is 0 Å². The van der Waals surface area contributed by atoms with Crippen molar-refractivity contribution in [2.75, 3.05) is 25.9 Å². The Morgan fingerprint density at radius 3 is 3.05 bits per heavy atom. The van der Waals surface area contributed by atoms with Gasteiger partial charge in [0.15, 0.2) is 5.96 Å². The third-order valence-electron chi connectivity index (χ3n) is 3.34. The Hall–Kier alpha value is -1.23. The van der Waals surface area contributed by atoms with Gasteiger partial charge in [0.2, 0.25) is 0 Å². The van der Waals surface area contributed by atoms with Gasteiger partial charge in [0.25, 0.3) is 0 Å². The summed E-state index contributed by atoms with van der Waals surface area (Å²) in [6, 6.07) is 6.73. The van der Waals surface area contributed by atoms with Crippen molar-refractivity contribution in [1.82, 2.24) is 10.6 Å². The number of aliphatic imine (C=N–C) groups is 1. The van der Waals surface area contributed by atoms with Gasteiger partial charge in [-0.1, -0.05) is 12.1 Å².